The Bertz CT molecular complexity index is 3030. The molecule has 11 aromatic rings. The molecule has 0 unspecified atom stereocenters. The van der Waals surface area contributed by atoms with Gasteiger partial charge in [0.1, 0.15) is 0 Å². The van der Waals surface area contributed by atoms with Crippen molar-refractivity contribution < 1.29 is 4.57 Å². The van der Waals surface area contributed by atoms with Crippen molar-refractivity contribution in [1.82, 2.24) is 9.13 Å². The largest absolute Gasteiger partial charge is 0.311 e. The maximum Gasteiger partial charge on any atom is 0.171 e. The predicted octanol–water partition coefficient (Wildman–Crippen LogP) is 13.0. The Morgan fingerprint density at radius 2 is 0.559 bits per heavy atom. The first kappa shape index (κ1) is 34.8. The second kappa shape index (κ2) is 14.2. The number of fused-ring (bicyclic) bond motifs is 6. The Hall–Kier alpha value is -7.39. The lowest BCUT2D eigenvalue weighted by Crippen LogP contribution is -2.25. The molecule has 0 saturated heterocycles. The molecular formula is C54H38N3OP. The molecule has 0 amide bonds. The van der Waals surface area contributed by atoms with Crippen molar-refractivity contribution >= 4 is 83.7 Å². The molecule has 59 heavy (non-hydrogen) atoms. The van der Waals surface area contributed by atoms with Gasteiger partial charge in [0.2, 0.25) is 0 Å². The summed E-state index contributed by atoms with van der Waals surface area (Å²) >= 11 is 0. The number of anilines is 3. The van der Waals surface area contributed by atoms with Crippen molar-refractivity contribution in [2.75, 3.05) is 4.90 Å². The molecule has 0 saturated carbocycles. The molecule has 9 aromatic carbocycles. The molecule has 11 rings (SSSR count). The number of aromatic nitrogens is 2. The maximum absolute atomic E-state index is 15.3. The summed E-state index contributed by atoms with van der Waals surface area (Å²) in [7, 11) is -3.14. The molecule has 5 heteroatoms. The number of rotatable bonds is 8. The minimum Gasteiger partial charge on any atom is -0.311 e. The first-order valence-electron chi connectivity index (χ1n) is 20.0. The number of para-hydroxylation sites is 4. The quantitative estimate of drug-likeness (QED) is 0.144. The third-order valence-electron chi connectivity index (χ3n) is 11.6. The van der Waals surface area contributed by atoms with Crippen LogP contribution in [0.25, 0.3) is 55.0 Å². The molecule has 0 aliphatic carbocycles. The van der Waals surface area contributed by atoms with E-state index in [0.29, 0.717) is 0 Å². The van der Waals surface area contributed by atoms with Crippen LogP contribution in [-0.4, -0.2) is 9.13 Å². The van der Waals surface area contributed by atoms with Gasteiger partial charge >= 0.3 is 0 Å². The van der Waals surface area contributed by atoms with E-state index in [1.807, 2.05) is 72.8 Å². The van der Waals surface area contributed by atoms with Crippen LogP contribution in [0.3, 0.4) is 0 Å². The Kier molecular flexibility index (Phi) is 8.39. The molecule has 0 N–H and O–H groups in total. The van der Waals surface area contributed by atoms with Crippen molar-refractivity contribution in [3.05, 3.63) is 231 Å². The molecule has 0 atom stereocenters. The molecule has 280 valence electrons. The monoisotopic (exact) mass is 775 g/mol. The van der Waals surface area contributed by atoms with Gasteiger partial charge in [0.05, 0.1) is 22.1 Å². The predicted molar refractivity (Wildman–Crippen MR) is 249 cm³/mol. The fourth-order valence-electron chi connectivity index (χ4n) is 8.88. The zero-order valence-corrected chi connectivity index (χ0v) is 33.0. The summed E-state index contributed by atoms with van der Waals surface area (Å²) in [5.74, 6) is 0. The smallest absolute Gasteiger partial charge is 0.171 e. The molecule has 4 nitrogen and oxygen atoms in total. The van der Waals surface area contributed by atoms with E-state index in [1.54, 1.807) is 0 Å². The van der Waals surface area contributed by atoms with E-state index in [4.69, 9.17) is 0 Å². The highest BCUT2D eigenvalue weighted by Gasteiger charge is 2.30. The van der Waals surface area contributed by atoms with Crippen molar-refractivity contribution in [3.63, 3.8) is 0 Å². The van der Waals surface area contributed by atoms with Gasteiger partial charge in [-0.25, -0.2) is 0 Å². The van der Waals surface area contributed by atoms with Crippen LogP contribution in [0.15, 0.2) is 231 Å². The Labute approximate surface area is 342 Å². The van der Waals surface area contributed by atoms with E-state index in [0.717, 1.165) is 44.4 Å². The van der Waals surface area contributed by atoms with E-state index in [1.165, 1.54) is 43.6 Å². The highest BCUT2D eigenvalue weighted by molar-refractivity contribution is 7.85. The zero-order valence-electron chi connectivity index (χ0n) is 32.1. The van der Waals surface area contributed by atoms with Crippen LogP contribution >= 0.6 is 7.14 Å². The van der Waals surface area contributed by atoms with Crippen LogP contribution in [0.4, 0.5) is 17.1 Å². The van der Waals surface area contributed by atoms with Gasteiger partial charge in [-0.15, -0.1) is 0 Å². The third-order valence-corrected chi connectivity index (χ3v) is 14.7. The van der Waals surface area contributed by atoms with Crippen LogP contribution in [0.2, 0.25) is 0 Å². The van der Waals surface area contributed by atoms with Crippen LogP contribution in [0.5, 0.6) is 0 Å². The second-order valence-electron chi connectivity index (χ2n) is 14.9. The molecule has 0 spiro atoms. The van der Waals surface area contributed by atoms with Crippen LogP contribution in [-0.2, 0) is 4.57 Å². The SMILES string of the molecule is O=P(c1ccccc1)(c1ccccc1)c1ccc(N(c2ccc(-n3c4ccccc4c4ccccc43)cc2)c2ccc(-n3c4ccccc4c4ccccc43)cc2)cc1. The lowest BCUT2D eigenvalue weighted by Gasteiger charge is -2.27. The minimum atomic E-state index is -3.14. The molecule has 0 aliphatic rings. The first-order valence-corrected chi connectivity index (χ1v) is 21.7. The second-order valence-corrected chi connectivity index (χ2v) is 17.7. The van der Waals surface area contributed by atoms with Gasteiger partial charge in [-0.05, 0) is 97.1 Å². The summed E-state index contributed by atoms with van der Waals surface area (Å²) in [5, 5.41) is 7.37. The first-order chi connectivity index (χ1) is 29.2. The molecule has 2 heterocycles. The zero-order chi connectivity index (χ0) is 39.3. The molecule has 2 aromatic heterocycles. The summed E-state index contributed by atoms with van der Waals surface area (Å²) in [6.07, 6.45) is 0. The summed E-state index contributed by atoms with van der Waals surface area (Å²) in [6, 6.07) is 80.1. The third kappa shape index (κ3) is 5.72. The molecule has 0 aliphatic heterocycles. The maximum atomic E-state index is 15.3. The lowest BCUT2D eigenvalue weighted by molar-refractivity contribution is 0.592. The van der Waals surface area contributed by atoms with E-state index in [9.17, 15) is 0 Å². The van der Waals surface area contributed by atoms with Crippen molar-refractivity contribution in [2.45, 2.75) is 0 Å². The van der Waals surface area contributed by atoms with Gasteiger partial charge in [0.25, 0.3) is 0 Å². The number of nitrogens with zero attached hydrogens (tertiary/aromatic N) is 3. The van der Waals surface area contributed by atoms with Gasteiger partial charge in [-0.2, -0.15) is 0 Å². The van der Waals surface area contributed by atoms with Crippen molar-refractivity contribution in [3.8, 4) is 11.4 Å². The number of hydrogen-bond acceptors (Lipinski definition) is 2. The average molecular weight is 776 g/mol. The highest BCUT2D eigenvalue weighted by Crippen LogP contribution is 2.44. The average Bonchev–Trinajstić information content (AvgIpc) is 3.83. The lowest BCUT2D eigenvalue weighted by atomic mass is 10.1. The number of hydrogen-bond donors (Lipinski definition) is 0. The van der Waals surface area contributed by atoms with Crippen molar-refractivity contribution in [2.24, 2.45) is 0 Å². The topological polar surface area (TPSA) is 30.2 Å². The Morgan fingerprint density at radius 1 is 0.288 bits per heavy atom. The van der Waals surface area contributed by atoms with E-state index >= 15 is 4.57 Å². The fourth-order valence-corrected chi connectivity index (χ4v) is 11.5. The molecule has 0 radical (unpaired) electrons. The van der Waals surface area contributed by atoms with E-state index < -0.39 is 7.14 Å². The van der Waals surface area contributed by atoms with Gasteiger partial charge in [-0.1, -0.05) is 133 Å². The van der Waals surface area contributed by atoms with Gasteiger partial charge < -0.3 is 18.6 Å². The van der Waals surface area contributed by atoms with Gasteiger partial charge in [0, 0.05) is 65.9 Å². The van der Waals surface area contributed by atoms with E-state index in [-0.39, 0.29) is 0 Å². The Morgan fingerprint density at radius 3 is 0.898 bits per heavy atom. The minimum absolute atomic E-state index is 0.794. The normalized spacial score (nSPS) is 11.8. The van der Waals surface area contributed by atoms with Crippen LogP contribution in [0.1, 0.15) is 0 Å². The molecular weight excluding hydrogens is 738 g/mol. The van der Waals surface area contributed by atoms with Crippen LogP contribution in [0, 0.1) is 0 Å². The summed E-state index contributed by atoms with van der Waals surface area (Å²) in [4.78, 5) is 2.28. The summed E-state index contributed by atoms with van der Waals surface area (Å²) in [5.41, 5.74) is 9.89. The Balaban J connectivity index is 1.04. The highest BCUT2D eigenvalue weighted by atomic mass is 31.2. The fraction of sp³-hybridized carbons (Fsp3) is 0. The van der Waals surface area contributed by atoms with Crippen LogP contribution < -0.4 is 20.8 Å². The summed E-state index contributed by atoms with van der Waals surface area (Å²) in [6.45, 7) is 0. The number of benzene rings is 9. The van der Waals surface area contributed by atoms with Gasteiger partial charge in [0.15, 0.2) is 7.14 Å². The van der Waals surface area contributed by atoms with Gasteiger partial charge in [-0.3, -0.25) is 0 Å². The molecule has 0 bridgehead atoms. The summed E-state index contributed by atoms with van der Waals surface area (Å²) < 4.78 is 20.0. The van der Waals surface area contributed by atoms with Crippen molar-refractivity contribution in [1.29, 1.82) is 0 Å². The standard InChI is InChI=1S/C54H38N3OP/c58-59(44-15-3-1-4-16-44,45-17-5-2-6-18-45)46-37-35-41(36-38-46)55(39-27-31-42(32-28-39)56-51-23-11-7-19-47(51)48-20-8-12-24-52(48)56)40-29-33-43(34-30-40)57-53-25-13-9-21-49(53)50-22-10-14-26-54(50)57/h1-38H. The van der Waals surface area contributed by atoms with E-state index in [2.05, 4.69) is 172 Å². The molecule has 0 fully saturated rings.